The lowest BCUT2D eigenvalue weighted by Crippen LogP contribution is -2.20. The molecule has 50 heavy (non-hydrogen) atoms. The predicted molar refractivity (Wildman–Crippen MR) is 173 cm³/mol. The molecule has 0 spiro atoms. The van der Waals surface area contributed by atoms with Crippen LogP contribution < -0.4 is 9.47 Å². The van der Waals surface area contributed by atoms with Crippen molar-refractivity contribution in [2.45, 2.75) is 48.0 Å². The molecule has 10 nitrogen and oxygen atoms in total. The van der Waals surface area contributed by atoms with Gasteiger partial charge in [-0.15, -0.1) is 0 Å². The van der Waals surface area contributed by atoms with Crippen molar-refractivity contribution in [1.29, 1.82) is 0 Å². The van der Waals surface area contributed by atoms with E-state index in [2.05, 4.69) is 39.4 Å². The molecule has 0 radical (unpaired) electrons. The molecule has 0 saturated heterocycles. The zero-order valence-corrected chi connectivity index (χ0v) is 27.3. The Hall–Kier alpha value is -4.84. The van der Waals surface area contributed by atoms with Crippen LogP contribution in [0.1, 0.15) is 30.7 Å². The summed E-state index contributed by atoms with van der Waals surface area (Å²) in [6.07, 6.45) is -8.36. The van der Waals surface area contributed by atoms with Gasteiger partial charge in [0.25, 0.3) is 0 Å². The van der Waals surface area contributed by atoms with Crippen molar-refractivity contribution in [3.63, 3.8) is 0 Å². The number of imidazole rings is 2. The molecule has 0 aliphatic heterocycles. The third kappa shape index (κ3) is 9.65. The fourth-order valence-corrected chi connectivity index (χ4v) is 6.12. The Labute approximate surface area is 294 Å². The van der Waals surface area contributed by atoms with Crippen LogP contribution in [0.4, 0.5) is 26.3 Å². The van der Waals surface area contributed by atoms with Crippen molar-refractivity contribution < 1.29 is 52.5 Å². The number of nitrogens with one attached hydrogen (secondary N) is 2. The summed E-state index contributed by atoms with van der Waals surface area (Å²) in [5.74, 6) is -0.996. The van der Waals surface area contributed by atoms with Crippen LogP contribution in [0.2, 0.25) is 0 Å². The van der Waals surface area contributed by atoms with Gasteiger partial charge in [-0.2, -0.15) is 26.3 Å². The normalized spacial score (nSPS) is 15.8. The molecule has 2 aromatic carbocycles. The van der Waals surface area contributed by atoms with E-state index in [1.807, 2.05) is 0 Å². The maximum atomic E-state index is 12.9. The minimum atomic E-state index is -5.31. The Kier molecular flexibility index (Phi) is 8.90. The highest BCUT2D eigenvalue weighted by Crippen LogP contribution is 2.26. The van der Waals surface area contributed by atoms with Gasteiger partial charge in [0.15, 0.2) is 23.4 Å². The SMILES string of the molecule is [2H]C([2H])(Oc1ccnc(CS(=O)c2nc3ccccc3[nH]2)c1C)C(F)(F)F.[2H]C([2H])(c1nccc(OC([2H])([2H])C(F)(F)F)c1C)S(=O)c1nc2ccccc2[nH]1. The fraction of sp³-hybridized carbons (Fsp3) is 0.250. The summed E-state index contributed by atoms with van der Waals surface area (Å²) in [5.41, 5.74) is -0.566. The van der Waals surface area contributed by atoms with Gasteiger partial charge in [-0.3, -0.25) is 18.4 Å². The maximum absolute atomic E-state index is 12.9. The van der Waals surface area contributed by atoms with Crippen molar-refractivity contribution in [3.05, 3.63) is 95.6 Å². The monoisotopic (exact) mass is 744 g/mol. The highest BCUT2D eigenvalue weighted by molar-refractivity contribution is 7.84. The van der Waals surface area contributed by atoms with Crippen LogP contribution in [0.25, 0.3) is 22.1 Å². The lowest BCUT2D eigenvalue weighted by Gasteiger charge is -2.13. The average molecular weight is 745 g/mol. The zero-order valence-electron chi connectivity index (χ0n) is 31.6. The number of hydrogen-bond donors (Lipinski definition) is 2. The summed E-state index contributed by atoms with van der Waals surface area (Å²) >= 11 is 0. The molecule has 0 aliphatic rings. The Morgan fingerprint density at radius 3 is 1.60 bits per heavy atom. The minimum Gasteiger partial charge on any atom is -0.484 e. The lowest BCUT2D eigenvalue weighted by molar-refractivity contribution is -0.154. The number of H-pyrrole nitrogens is 2. The Balaban J connectivity index is 0.000000215. The summed E-state index contributed by atoms with van der Waals surface area (Å²) in [6, 6.07) is 15.9. The molecule has 0 bridgehead atoms. The van der Waals surface area contributed by atoms with E-state index < -0.39 is 64.2 Å². The van der Waals surface area contributed by atoms with Crippen molar-refractivity contribution in [2.75, 3.05) is 13.1 Å². The lowest BCUT2D eigenvalue weighted by atomic mass is 10.2. The van der Waals surface area contributed by atoms with Crippen LogP contribution >= 0.6 is 0 Å². The number of aromatic nitrogens is 6. The third-order valence-corrected chi connectivity index (χ3v) is 8.63. The first kappa shape index (κ1) is 28.9. The Bertz CT molecular complexity index is 2360. The summed E-state index contributed by atoms with van der Waals surface area (Å²) in [5, 5.41) is 0.0451. The number of nitrogens with zero attached hydrogens (tertiary/aromatic N) is 4. The molecule has 0 saturated carbocycles. The van der Waals surface area contributed by atoms with Crippen molar-refractivity contribution in [2.24, 2.45) is 0 Å². The first-order valence-corrected chi connectivity index (χ1v) is 16.5. The maximum Gasteiger partial charge on any atom is 0.422 e. The van der Waals surface area contributed by atoms with Crippen LogP contribution in [0.5, 0.6) is 11.5 Å². The number of para-hydroxylation sites is 4. The number of pyridine rings is 2. The molecule has 0 fully saturated rings. The number of alkyl halides is 6. The molecule has 2 unspecified atom stereocenters. The first-order valence-electron chi connectivity index (χ1n) is 17.0. The van der Waals surface area contributed by atoms with Gasteiger partial charge < -0.3 is 19.4 Å². The molecule has 264 valence electrons. The second kappa shape index (κ2) is 15.4. The van der Waals surface area contributed by atoms with E-state index in [1.54, 1.807) is 48.5 Å². The highest BCUT2D eigenvalue weighted by atomic mass is 32.2. The van der Waals surface area contributed by atoms with E-state index in [0.717, 1.165) is 18.3 Å². The van der Waals surface area contributed by atoms with E-state index in [0.29, 0.717) is 22.1 Å². The predicted octanol–water partition coefficient (Wildman–Crippen LogP) is 7.03. The van der Waals surface area contributed by atoms with Gasteiger partial charge in [-0.25, -0.2) is 9.97 Å². The molecule has 2 N–H and O–H groups in total. The van der Waals surface area contributed by atoms with Gasteiger partial charge in [-0.05, 0) is 50.2 Å². The number of ether oxygens (including phenoxy) is 2. The average Bonchev–Trinajstić information content (AvgIpc) is 3.75. The molecule has 18 heteroatoms. The van der Waals surface area contributed by atoms with Gasteiger partial charge in [0.05, 0.1) is 72.0 Å². The van der Waals surface area contributed by atoms with Crippen molar-refractivity contribution in [1.82, 2.24) is 29.9 Å². The van der Waals surface area contributed by atoms with Crippen molar-refractivity contribution in [3.8, 4) is 11.5 Å². The van der Waals surface area contributed by atoms with E-state index in [4.69, 9.17) is 8.22 Å². The van der Waals surface area contributed by atoms with Gasteiger partial charge >= 0.3 is 12.4 Å². The van der Waals surface area contributed by atoms with E-state index in [1.165, 1.54) is 20.0 Å². The van der Waals surface area contributed by atoms with Gasteiger partial charge in [0, 0.05) is 26.3 Å². The summed E-state index contributed by atoms with van der Waals surface area (Å²) in [6.45, 7) is -5.22. The van der Waals surface area contributed by atoms with Gasteiger partial charge in [0.2, 0.25) is 0 Å². The molecule has 6 rings (SSSR count). The number of rotatable bonds is 10. The molecular formula is C32H28F6N6O4S2. The smallest absolute Gasteiger partial charge is 0.422 e. The van der Waals surface area contributed by atoms with Gasteiger partial charge in [0.1, 0.15) is 11.5 Å². The Morgan fingerprint density at radius 1 is 0.680 bits per heavy atom. The Morgan fingerprint density at radius 2 is 1.12 bits per heavy atom. The number of fused-ring (bicyclic) bond motifs is 2. The first-order chi connectivity index (χ1) is 25.9. The zero-order chi connectivity index (χ0) is 41.4. The minimum absolute atomic E-state index is 0.113. The number of halogens is 6. The standard InChI is InChI=1S/2C16H14F3N3O2S/c2*1-10-13(20-7-6-14(10)24-9-16(17,18)19)8-25(23)15-21-11-4-2-3-5-12(11)22-15/h2*2-7H,8-9H2,1H3,(H,21,22)/i8D2,9D2;9D2. The summed E-state index contributed by atoms with van der Waals surface area (Å²) in [7, 11) is -4.03. The molecule has 4 aromatic heterocycles. The number of aromatic amines is 2. The van der Waals surface area contributed by atoms with Crippen LogP contribution in [0, 0.1) is 13.8 Å². The van der Waals surface area contributed by atoms with E-state index in [-0.39, 0.29) is 38.6 Å². The second-order valence-corrected chi connectivity index (χ2v) is 12.5. The van der Waals surface area contributed by atoms with Crippen LogP contribution in [-0.4, -0.2) is 63.8 Å². The third-order valence-electron chi connectivity index (χ3n) is 6.55. The topological polar surface area (TPSA) is 136 Å². The van der Waals surface area contributed by atoms with E-state index in [9.17, 15) is 34.8 Å². The van der Waals surface area contributed by atoms with Gasteiger partial charge in [-0.1, -0.05) is 24.3 Å². The largest absolute Gasteiger partial charge is 0.484 e. The number of hydrogen-bond acceptors (Lipinski definition) is 8. The second-order valence-electron chi connectivity index (χ2n) is 10.0. The van der Waals surface area contributed by atoms with E-state index >= 15 is 0 Å². The summed E-state index contributed by atoms with van der Waals surface area (Å²) < 4.78 is 156. The van der Waals surface area contributed by atoms with Crippen LogP contribution in [0.15, 0.2) is 83.4 Å². The summed E-state index contributed by atoms with van der Waals surface area (Å²) in [4.78, 5) is 21.8. The fourth-order valence-electron chi connectivity index (χ4n) is 4.16. The van der Waals surface area contributed by atoms with Crippen LogP contribution in [-0.2, 0) is 33.1 Å². The van der Waals surface area contributed by atoms with Crippen molar-refractivity contribution >= 4 is 43.7 Å². The van der Waals surface area contributed by atoms with Crippen LogP contribution in [0.3, 0.4) is 0 Å². The molecular weight excluding hydrogens is 711 g/mol. The molecule has 0 amide bonds. The molecule has 0 aliphatic carbocycles. The number of benzene rings is 2. The molecule has 6 aromatic rings. The quantitative estimate of drug-likeness (QED) is 0.143. The molecule has 4 heterocycles. The highest BCUT2D eigenvalue weighted by Gasteiger charge is 2.30. The molecule has 2 atom stereocenters.